The summed E-state index contributed by atoms with van der Waals surface area (Å²) in [5.74, 6) is 1.13. The summed E-state index contributed by atoms with van der Waals surface area (Å²) in [7, 11) is 1.73. The maximum Gasteiger partial charge on any atom is 0.262 e. The third-order valence-corrected chi connectivity index (χ3v) is 7.23. The van der Waals surface area contributed by atoms with Crippen LogP contribution in [-0.4, -0.2) is 39.2 Å². The number of carbonyl (C=O) groups excluding carboxylic acids is 1. The molecule has 0 unspecified atom stereocenters. The van der Waals surface area contributed by atoms with Gasteiger partial charge in [-0.3, -0.25) is 14.2 Å². The molecule has 1 fully saturated rings. The highest BCUT2D eigenvalue weighted by molar-refractivity contribution is 7.99. The number of hydrogen-bond donors (Lipinski definition) is 0. The second-order valence-electron chi connectivity index (χ2n) is 7.53. The van der Waals surface area contributed by atoms with E-state index in [0.717, 1.165) is 34.8 Å². The van der Waals surface area contributed by atoms with Gasteiger partial charge in [-0.2, -0.15) is 0 Å². The number of thiophene rings is 1. The van der Waals surface area contributed by atoms with Crippen molar-refractivity contribution in [3.05, 3.63) is 46.8 Å². The number of hydrogen-bond acceptors (Lipinski definition) is 5. The van der Waals surface area contributed by atoms with E-state index in [2.05, 4.69) is 6.92 Å². The van der Waals surface area contributed by atoms with Gasteiger partial charge in [-0.15, -0.1) is 11.3 Å². The summed E-state index contributed by atoms with van der Waals surface area (Å²) in [5, 5.41) is 1.23. The molecule has 4 rings (SSSR count). The van der Waals surface area contributed by atoms with E-state index in [1.807, 2.05) is 41.3 Å². The summed E-state index contributed by atoms with van der Waals surface area (Å²) >= 11 is 2.88. The lowest BCUT2D eigenvalue weighted by atomic mass is 10.2. The highest BCUT2D eigenvalue weighted by Gasteiger charge is 2.26. The van der Waals surface area contributed by atoms with Gasteiger partial charge < -0.3 is 4.90 Å². The predicted octanol–water partition coefficient (Wildman–Crippen LogP) is 4.40. The largest absolute Gasteiger partial charge is 0.342 e. The first-order chi connectivity index (χ1) is 14.1. The second-order valence-corrected chi connectivity index (χ2v) is 9.50. The average Bonchev–Trinajstić information content (AvgIpc) is 3.45. The Balaban J connectivity index is 1.55. The fourth-order valence-electron chi connectivity index (χ4n) is 3.34. The number of aromatic nitrogens is 2. The Kier molecular flexibility index (Phi) is 6.06. The summed E-state index contributed by atoms with van der Waals surface area (Å²) in [6.45, 7) is 3.76. The van der Waals surface area contributed by atoms with E-state index >= 15 is 0 Å². The number of fused-ring (bicyclic) bond motifs is 1. The average molecular weight is 428 g/mol. The number of rotatable bonds is 8. The molecule has 0 saturated heterocycles. The van der Waals surface area contributed by atoms with Gasteiger partial charge in [0.25, 0.3) is 5.56 Å². The lowest BCUT2D eigenvalue weighted by Gasteiger charge is -2.21. The Morgan fingerprint density at radius 2 is 2.07 bits per heavy atom. The molecule has 1 saturated carbocycles. The first-order valence-corrected chi connectivity index (χ1v) is 11.8. The summed E-state index contributed by atoms with van der Waals surface area (Å²) in [4.78, 5) is 34.0. The Hall–Kier alpha value is -2.12. The maximum absolute atomic E-state index is 12.8. The smallest absolute Gasteiger partial charge is 0.262 e. The Morgan fingerprint density at radius 3 is 2.76 bits per heavy atom. The molecule has 1 aliphatic carbocycles. The Labute approximate surface area is 178 Å². The molecule has 2 heterocycles. The molecular weight excluding hydrogens is 402 g/mol. The second kappa shape index (κ2) is 8.71. The van der Waals surface area contributed by atoms with E-state index in [4.69, 9.17) is 4.98 Å². The number of thioether (sulfide) groups is 1. The molecule has 29 heavy (non-hydrogen) atoms. The number of carbonyl (C=O) groups is 1. The first-order valence-electron chi connectivity index (χ1n) is 10.0. The number of nitrogens with zero attached hydrogens (tertiary/aromatic N) is 3. The van der Waals surface area contributed by atoms with Crippen molar-refractivity contribution in [1.29, 1.82) is 0 Å². The standard InChI is InChI=1S/C22H25N3O2S2/c1-3-11-25(13-15-9-10-15)19(26)14-28-22-23-20-17(21(27)24(22)2)12-18(29-20)16-7-5-4-6-8-16/h4-8,12,15H,3,9-11,13-14H2,1-2H3. The fourth-order valence-corrected chi connectivity index (χ4v) is 5.29. The number of amides is 1. The van der Waals surface area contributed by atoms with Crippen molar-refractivity contribution in [3.63, 3.8) is 0 Å². The molecule has 5 nitrogen and oxygen atoms in total. The van der Waals surface area contributed by atoms with Crippen LogP contribution in [0.4, 0.5) is 0 Å². The number of benzene rings is 1. The molecule has 7 heteroatoms. The van der Waals surface area contributed by atoms with Crippen molar-refractivity contribution in [2.75, 3.05) is 18.8 Å². The van der Waals surface area contributed by atoms with Crippen LogP contribution in [0.1, 0.15) is 26.2 Å². The first kappa shape index (κ1) is 20.2. The SMILES string of the molecule is CCCN(CC1CC1)C(=O)CSc1nc2sc(-c3ccccc3)cc2c(=O)n1C. The molecule has 152 valence electrons. The molecule has 1 aliphatic rings. The van der Waals surface area contributed by atoms with Crippen molar-refractivity contribution in [2.24, 2.45) is 13.0 Å². The van der Waals surface area contributed by atoms with Crippen LogP contribution in [0, 0.1) is 5.92 Å². The third-order valence-electron chi connectivity index (χ3n) is 5.14. The summed E-state index contributed by atoms with van der Waals surface area (Å²) in [6, 6.07) is 11.9. The third kappa shape index (κ3) is 4.56. The molecule has 0 N–H and O–H groups in total. The van der Waals surface area contributed by atoms with Crippen LogP contribution in [0.25, 0.3) is 20.7 Å². The van der Waals surface area contributed by atoms with Gasteiger partial charge in [0.1, 0.15) is 4.83 Å². The Morgan fingerprint density at radius 1 is 1.31 bits per heavy atom. The van der Waals surface area contributed by atoms with Crippen LogP contribution >= 0.6 is 23.1 Å². The lowest BCUT2D eigenvalue weighted by molar-refractivity contribution is -0.128. The molecule has 0 atom stereocenters. The van der Waals surface area contributed by atoms with Crippen molar-refractivity contribution < 1.29 is 4.79 Å². The minimum Gasteiger partial charge on any atom is -0.342 e. The Bertz CT molecular complexity index is 1070. The molecule has 2 aromatic heterocycles. The van der Waals surface area contributed by atoms with E-state index in [1.165, 1.54) is 35.9 Å². The minimum absolute atomic E-state index is 0.0632. The van der Waals surface area contributed by atoms with Gasteiger partial charge in [0.05, 0.1) is 11.1 Å². The van der Waals surface area contributed by atoms with Gasteiger partial charge in [-0.25, -0.2) is 4.98 Å². The molecule has 0 spiro atoms. The predicted molar refractivity (Wildman–Crippen MR) is 121 cm³/mol. The molecule has 0 aliphatic heterocycles. The van der Waals surface area contributed by atoms with Crippen LogP contribution in [0.15, 0.2) is 46.3 Å². The monoisotopic (exact) mass is 427 g/mol. The van der Waals surface area contributed by atoms with E-state index in [0.29, 0.717) is 22.2 Å². The highest BCUT2D eigenvalue weighted by Crippen LogP contribution is 2.32. The van der Waals surface area contributed by atoms with Crippen LogP contribution < -0.4 is 5.56 Å². The normalized spacial score (nSPS) is 13.7. The van der Waals surface area contributed by atoms with Gasteiger partial charge in [0.15, 0.2) is 5.16 Å². The van der Waals surface area contributed by atoms with Crippen LogP contribution in [-0.2, 0) is 11.8 Å². The van der Waals surface area contributed by atoms with Crippen LogP contribution in [0.2, 0.25) is 0 Å². The van der Waals surface area contributed by atoms with Gasteiger partial charge in [0, 0.05) is 25.0 Å². The minimum atomic E-state index is -0.0632. The van der Waals surface area contributed by atoms with Gasteiger partial charge in [-0.05, 0) is 36.8 Å². The van der Waals surface area contributed by atoms with Crippen molar-refractivity contribution in [1.82, 2.24) is 14.5 Å². The molecule has 0 bridgehead atoms. The quantitative estimate of drug-likeness (QED) is 0.395. The molecular formula is C22H25N3O2S2. The lowest BCUT2D eigenvalue weighted by Crippen LogP contribution is -2.35. The summed E-state index contributed by atoms with van der Waals surface area (Å²) in [5.41, 5.74) is 1.02. The van der Waals surface area contributed by atoms with E-state index in [9.17, 15) is 9.59 Å². The van der Waals surface area contributed by atoms with Crippen molar-refractivity contribution >= 4 is 39.2 Å². The van der Waals surface area contributed by atoms with Crippen LogP contribution in [0.5, 0.6) is 0 Å². The van der Waals surface area contributed by atoms with Gasteiger partial charge >= 0.3 is 0 Å². The van der Waals surface area contributed by atoms with Gasteiger partial charge in [-0.1, -0.05) is 49.0 Å². The highest BCUT2D eigenvalue weighted by atomic mass is 32.2. The molecule has 1 aromatic carbocycles. The zero-order valence-electron chi connectivity index (χ0n) is 16.8. The molecule has 3 aromatic rings. The van der Waals surface area contributed by atoms with E-state index in [-0.39, 0.29) is 11.5 Å². The van der Waals surface area contributed by atoms with E-state index < -0.39 is 0 Å². The molecule has 0 radical (unpaired) electrons. The zero-order chi connectivity index (χ0) is 20.4. The van der Waals surface area contributed by atoms with Crippen molar-refractivity contribution in [2.45, 2.75) is 31.3 Å². The fraction of sp³-hybridized carbons (Fsp3) is 0.409. The molecule has 1 amide bonds. The summed E-state index contributed by atoms with van der Waals surface area (Å²) < 4.78 is 1.56. The topological polar surface area (TPSA) is 55.2 Å². The van der Waals surface area contributed by atoms with Crippen LogP contribution in [0.3, 0.4) is 0 Å². The van der Waals surface area contributed by atoms with E-state index in [1.54, 1.807) is 11.6 Å². The summed E-state index contributed by atoms with van der Waals surface area (Å²) in [6.07, 6.45) is 3.42. The zero-order valence-corrected chi connectivity index (χ0v) is 18.4. The van der Waals surface area contributed by atoms with Crippen molar-refractivity contribution in [3.8, 4) is 10.4 Å². The van der Waals surface area contributed by atoms with Gasteiger partial charge in [0.2, 0.25) is 5.91 Å². The maximum atomic E-state index is 12.8.